The van der Waals surface area contributed by atoms with E-state index in [1.54, 1.807) is 18.4 Å². The van der Waals surface area contributed by atoms with Gasteiger partial charge in [-0.1, -0.05) is 17.7 Å². The van der Waals surface area contributed by atoms with E-state index in [4.69, 9.17) is 19.9 Å². The summed E-state index contributed by atoms with van der Waals surface area (Å²) in [6.45, 7) is 1.99. The maximum absolute atomic E-state index is 12.8. The zero-order chi connectivity index (χ0) is 20.0. The van der Waals surface area contributed by atoms with Crippen LogP contribution in [0.3, 0.4) is 0 Å². The highest BCUT2D eigenvalue weighted by Gasteiger charge is 2.27. The number of anilines is 1. The van der Waals surface area contributed by atoms with Gasteiger partial charge in [-0.2, -0.15) is 0 Å². The number of rotatable bonds is 3. The van der Waals surface area contributed by atoms with E-state index in [1.165, 1.54) is 22.5 Å². The molecule has 0 radical (unpaired) electrons. The van der Waals surface area contributed by atoms with Gasteiger partial charge in [0.2, 0.25) is 0 Å². The SMILES string of the molecule is Cc1ccc(OC(=O)c2sc3nc(-c4ccco4)c4c(c3c2N)CCCC4)cc1. The van der Waals surface area contributed by atoms with E-state index in [2.05, 4.69) is 0 Å². The molecule has 29 heavy (non-hydrogen) atoms. The fourth-order valence-electron chi connectivity index (χ4n) is 3.94. The van der Waals surface area contributed by atoms with Crippen LogP contribution >= 0.6 is 11.3 Å². The van der Waals surface area contributed by atoms with E-state index in [0.717, 1.165) is 52.9 Å². The zero-order valence-corrected chi connectivity index (χ0v) is 16.8. The van der Waals surface area contributed by atoms with Crippen molar-refractivity contribution in [1.29, 1.82) is 0 Å². The van der Waals surface area contributed by atoms with Crippen molar-refractivity contribution < 1.29 is 13.9 Å². The van der Waals surface area contributed by atoms with Gasteiger partial charge in [0.15, 0.2) is 5.76 Å². The number of fused-ring (bicyclic) bond motifs is 3. The van der Waals surface area contributed by atoms with Crippen molar-refractivity contribution in [3.05, 3.63) is 64.2 Å². The smallest absolute Gasteiger partial charge is 0.355 e. The molecular weight excluding hydrogens is 384 g/mol. The van der Waals surface area contributed by atoms with Crippen LogP contribution in [0.2, 0.25) is 0 Å². The van der Waals surface area contributed by atoms with Crippen molar-refractivity contribution in [2.75, 3.05) is 5.73 Å². The lowest BCUT2D eigenvalue weighted by Crippen LogP contribution is -2.10. The monoisotopic (exact) mass is 404 g/mol. The first kappa shape index (κ1) is 17.9. The van der Waals surface area contributed by atoms with Crippen LogP contribution in [0.25, 0.3) is 21.7 Å². The number of aromatic nitrogens is 1. The Kier molecular flexibility index (Phi) is 4.36. The lowest BCUT2D eigenvalue weighted by Gasteiger charge is -2.19. The Labute approximate surface area is 172 Å². The molecule has 4 aromatic rings. The molecular formula is C23H20N2O3S. The van der Waals surface area contributed by atoms with E-state index >= 15 is 0 Å². The Balaban J connectivity index is 1.62. The molecule has 3 aromatic heterocycles. The van der Waals surface area contributed by atoms with Gasteiger partial charge in [0.25, 0.3) is 0 Å². The molecule has 6 heteroatoms. The van der Waals surface area contributed by atoms with Crippen LogP contribution in [0.5, 0.6) is 5.75 Å². The number of hydrogen-bond donors (Lipinski definition) is 1. The second-order valence-electron chi connectivity index (χ2n) is 7.33. The Hall–Kier alpha value is -3.12. The van der Waals surface area contributed by atoms with E-state index < -0.39 is 5.97 Å². The normalized spacial score (nSPS) is 13.4. The minimum atomic E-state index is -0.446. The number of hydrogen-bond acceptors (Lipinski definition) is 6. The summed E-state index contributed by atoms with van der Waals surface area (Å²) >= 11 is 1.29. The first-order valence-electron chi connectivity index (χ1n) is 9.68. The molecule has 2 N–H and O–H groups in total. The Morgan fingerprint density at radius 2 is 1.90 bits per heavy atom. The molecule has 0 atom stereocenters. The second kappa shape index (κ2) is 7.04. The maximum Gasteiger partial charge on any atom is 0.355 e. The summed E-state index contributed by atoms with van der Waals surface area (Å²) in [5.41, 5.74) is 11.3. The molecule has 0 amide bonds. The third-order valence-electron chi connectivity index (χ3n) is 5.37. The van der Waals surface area contributed by atoms with Crippen LogP contribution in [0, 0.1) is 6.92 Å². The molecule has 5 rings (SSSR count). The maximum atomic E-state index is 12.8. The van der Waals surface area contributed by atoms with Gasteiger partial charge in [0, 0.05) is 5.39 Å². The highest BCUT2D eigenvalue weighted by Crippen LogP contribution is 2.42. The van der Waals surface area contributed by atoms with Crippen molar-refractivity contribution in [1.82, 2.24) is 4.98 Å². The van der Waals surface area contributed by atoms with E-state index in [-0.39, 0.29) is 0 Å². The predicted octanol–water partition coefficient (Wildman–Crippen LogP) is 5.54. The summed E-state index contributed by atoms with van der Waals surface area (Å²) in [6.07, 6.45) is 5.73. The number of benzene rings is 1. The highest BCUT2D eigenvalue weighted by atomic mass is 32.1. The van der Waals surface area contributed by atoms with Gasteiger partial charge in [0.05, 0.1) is 12.0 Å². The lowest BCUT2D eigenvalue weighted by molar-refractivity contribution is 0.0741. The molecule has 0 bridgehead atoms. The first-order valence-corrected chi connectivity index (χ1v) is 10.5. The number of carbonyl (C=O) groups excluding carboxylic acids is 1. The topological polar surface area (TPSA) is 78.3 Å². The van der Waals surface area contributed by atoms with Crippen molar-refractivity contribution in [3.63, 3.8) is 0 Å². The molecule has 0 saturated heterocycles. The van der Waals surface area contributed by atoms with E-state index in [1.807, 2.05) is 31.2 Å². The van der Waals surface area contributed by atoms with Crippen LogP contribution in [0.4, 0.5) is 5.69 Å². The van der Waals surface area contributed by atoms with Crippen molar-refractivity contribution in [2.24, 2.45) is 0 Å². The number of esters is 1. The number of pyridine rings is 1. The molecule has 5 nitrogen and oxygen atoms in total. The number of carbonyl (C=O) groups is 1. The molecule has 1 aliphatic rings. The Bertz CT molecular complexity index is 1210. The lowest BCUT2D eigenvalue weighted by atomic mass is 9.88. The highest BCUT2D eigenvalue weighted by molar-refractivity contribution is 7.21. The van der Waals surface area contributed by atoms with Gasteiger partial charge < -0.3 is 14.9 Å². The molecule has 0 saturated carbocycles. The molecule has 1 aromatic carbocycles. The Morgan fingerprint density at radius 1 is 1.14 bits per heavy atom. The number of nitrogen functional groups attached to an aromatic ring is 1. The van der Waals surface area contributed by atoms with E-state index in [0.29, 0.717) is 16.3 Å². The van der Waals surface area contributed by atoms with Gasteiger partial charge in [0.1, 0.15) is 21.2 Å². The fraction of sp³-hybridized carbons (Fsp3) is 0.217. The van der Waals surface area contributed by atoms with Crippen molar-refractivity contribution in [2.45, 2.75) is 32.6 Å². The average Bonchev–Trinajstić information content (AvgIpc) is 3.37. The van der Waals surface area contributed by atoms with Crippen LogP contribution in [0.1, 0.15) is 39.2 Å². The van der Waals surface area contributed by atoms with Gasteiger partial charge in [-0.3, -0.25) is 0 Å². The number of nitrogens with two attached hydrogens (primary N) is 1. The standard InChI is InChI=1S/C23H20N2O3S/c1-13-8-10-14(11-9-13)28-23(26)21-19(24)18-15-5-2-3-6-16(15)20(25-22(18)29-21)17-7-4-12-27-17/h4,7-12H,2-3,5-6,24H2,1H3. The quantitative estimate of drug-likeness (QED) is 0.358. The van der Waals surface area contributed by atoms with Crippen LogP contribution < -0.4 is 10.5 Å². The summed E-state index contributed by atoms with van der Waals surface area (Å²) in [4.78, 5) is 18.8. The summed E-state index contributed by atoms with van der Waals surface area (Å²) in [6, 6.07) is 11.2. The number of aryl methyl sites for hydroxylation is 2. The van der Waals surface area contributed by atoms with Gasteiger partial charge >= 0.3 is 5.97 Å². The zero-order valence-electron chi connectivity index (χ0n) is 16.0. The molecule has 3 heterocycles. The molecule has 0 spiro atoms. The second-order valence-corrected chi connectivity index (χ2v) is 8.33. The summed E-state index contributed by atoms with van der Waals surface area (Å²) < 4.78 is 11.2. The van der Waals surface area contributed by atoms with Gasteiger partial charge in [-0.15, -0.1) is 11.3 Å². The number of furan rings is 1. The summed E-state index contributed by atoms with van der Waals surface area (Å²) in [7, 11) is 0. The average molecular weight is 404 g/mol. The minimum absolute atomic E-state index is 0.400. The summed E-state index contributed by atoms with van der Waals surface area (Å²) in [5, 5.41) is 0.899. The van der Waals surface area contributed by atoms with Crippen LogP contribution in [-0.4, -0.2) is 11.0 Å². The number of nitrogens with zero attached hydrogens (tertiary/aromatic N) is 1. The molecule has 1 aliphatic carbocycles. The molecule has 146 valence electrons. The third-order valence-corrected chi connectivity index (χ3v) is 6.45. The predicted molar refractivity (Wildman–Crippen MR) is 115 cm³/mol. The minimum Gasteiger partial charge on any atom is -0.463 e. The number of ether oxygens (including phenoxy) is 1. The van der Waals surface area contributed by atoms with Crippen molar-refractivity contribution in [3.8, 4) is 17.2 Å². The van der Waals surface area contributed by atoms with Crippen molar-refractivity contribution >= 4 is 33.2 Å². The molecule has 0 fully saturated rings. The van der Waals surface area contributed by atoms with E-state index in [9.17, 15) is 4.79 Å². The van der Waals surface area contributed by atoms with Gasteiger partial charge in [-0.25, -0.2) is 9.78 Å². The number of thiophene rings is 1. The summed E-state index contributed by atoms with van der Waals surface area (Å²) in [5.74, 6) is 0.808. The molecule has 0 unspecified atom stereocenters. The van der Waals surface area contributed by atoms with Crippen LogP contribution in [-0.2, 0) is 12.8 Å². The molecule has 0 aliphatic heterocycles. The van der Waals surface area contributed by atoms with Crippen LogP contribution in [0.15, 0.2) is 47.1 Å². The third kappa shape index (κ3) is 3.09. The first-order chi connectivity index (χ1) is 14.1. The Morgan fingerprint density at radius 3 is 2.62 bits per heavy atom. The van der Waals surface area contributed by atoms with Gasteiger partial charge in [-0.05, 0) is 68.0 Å². The largest absolute Gasteiger partial charge is 0.463 e. The fourth-order valence-corrected chi connectivity index (χ4v) is 4.94.